The molecule has 1 aliphatic rings. The molecule has 36 heavy (non-hydrogen) atoms. The van der Waals surface area contributed by atoms with Crippen molar-refractivity contribution in [3.63, 3.8) is 0 Å². The number of anilines is 3. The lowest BCUT2D eigenvalue weighted by molar-refractivity contribution is -0.124. The third-order valence-corrected chi connectivity index (χ3v) is 8.61. The van der Waals surface area contributed by atoms with Crippen molar-refractivity contribution in [1.82, 2.24) is 4.98 Å². The highest BCUT2D eigenvalue weighted by Gasteiger charge is 2.34. The average Bonchev–Trinajstić information content (AvgIpc) is 3.24. The second kappa shape index (κ2) is 11.6. The van der Waals surface area contributed by atoms with Crippen LogP contribution in [0.1, 0.15) is 18.4 Å². The Morgan fingerprint density at radius 2 is 1.83 bits per heavy atom. The standard InChI is InChI=1S/C24H25ClN4O4S2.ClH/c1-15-3-2-4-19(25)22(15)29(23(31)17-9-11-35(32,33)12-10-17)13-21(30)27-18-7-5-16(6-8-18)20-14-34-24(26)28-20;/h2-8,14,17H,9-13H2,1H3,(H2,26,28)(H,27,30);1H. The Labute approximate surface area is 225 Å². The fraction of sp³-hybridized carbons (Fsp3) is 0.292. The molecule has 0 radical (unpaired) electrons. The lowest BCUT2D eigenvalue weighted by Crippen LogP contribution is -2.44. The van der Waals surface area contributed by atoms with Crippen LogP contribution >= 0.6 is 35.3 Å². The minimum Gasteiger partial charge on any atom is -0.375 e. The number of carbonyl (C=O) groups is 2. The van der Waals surface area contributed by atoms with Crippen molar-refractivity contribution < 1.29 is 18.0 Å². The van der Waals surface area contributed by atoms with E-state index in [1.54, 1.807) is 24.3 Å². The van der Waals surface area contributed by atoms with Crippen molar-refractivity contribution in [2.75, 3.05) is 34.0 Å². The van der Waals surface area contributed by atoms with Crippen LogP contribution in [0.15, 0.2) is 47.8 Å². The van der Waals surface area contributed by atoms with E-state index in [9.17, 15) is 18.0 Å². The summed E-state index contributed by atoms with van der Waals surface area (Å²) in [6.07, 6.45) is 0.455. The molecule has 1 aromatic heterocycles. The summed E-state index contributed by atoms with van der Waals surface area (Å²) in [6.45, 7) is 1.56. The number of para-hydroxylation sites is 1. The Hall–Kier alpha value is -2.66. The van der Waals surface area contributed by atoms with Gasteiger partial charge in [-0.3, -0.25) is 9.59 Å². The van der Waals surface area contributed by atoms with Crippen molar-refractivity contribution in [3.05, 3.63) is 58.4 Å². The number of thiazole rings is 1. The second-order valence-electron chi connectivity index (χ2n) is 8.45. The van der Waals surface area contributed by atoms with Gasteiger partial charge in [-0.1, -0.05) is 35.9 Å². The number of nitrogens with two attached hydrogens (primary N) is 1. The lowest BCUT2D eigenvalue weighted by Gasteiger charge is -2.30. The van der Waals surface area contributed by atoms with Crippen LogP contribution in [0, 0.1) is 12.8 Å². The maximum Gasteiger partial charge on any atom is 0.244 e. The predicted molar refractivity (Wildman–Crippen MR) is 148 cm³/mol. The first kappa shape index (κ1) is 27.9. The number of benzene rings is 2. The minimum absolute atomic E-state index is 0. The van der Waals surface area contributed by atoms with Gasteiger partial charge in [-0.05, 0) is 43.5 Å². The SMILES string of the molecule is Cc1cccc(Cl)c1N(CC(=O)Nc1ccc(-c2csc(N)n2)cc1)C(=O)C1CCS(=O)(=O)CC1.Cl. The molecule has 2 amide bonds. The summed E-state index contributed by atoms with van der Waals surface area (Å²) in [6, 6.07) is 12.4. The predicted octanol–water partition coefficient (Wildman–Crippen LogP) is 4.57. The number of nitrogen functional groups attached to an aromatic ring is 1. The molecular weight excluding hydrogens is 543 g/mol. The first-order valence-corrected chi connectivity index (χ1v) is 14.1. The van der Waals surface area contributed by atoms with Crippen LogP contribution < -0.4 is 16.0 Å². The number of sulfone groups is 1. The highest BCUT2D eigenvalue weighted by Crippen LogP contribution is 2.32. The van der Waals surface area contributed by atoms with Gasteiger partial charge in [-0.25, -0.2) is 13.4 Å². The highest BCUT2D eigenvalue weighted by atomic mass is 35.5. The van der Waals surface area contributed by atoms with Crippen molar-refractivity contribution in [3.8, 4) is 11.3 Å². The van der Waals surface area contributed by atoms with Gasteiger partial charge in [0.2, 0.25) is 11.8 Å². The number of hydrogen-bond donors (Lipinski definition) is 2. The largest absolute Gasteiger partial charge is 0.375 e. The van der Waals surface area contributed by atoms with E-state index in [0.717, 1.165) is 16.8 Å². The van der Waals surface area contributed by atoms with Crippen molar-refractivity contribution in [2.45, 2.75) is 19.8 Å². The number of carbonyl (C=O) groups excluding carboxylic acids is 2. The Morgan fingerprint density at radius 1 is 1.17 bits per heavy atom. The van der Waals surface area contributed by atoms with Crippen LogP contribution in [0.3, 0.4) is 0 Å². The summed E-state index contributed by atoms with van der Waals surface area (Å²) in [5, 5.41) is 5.51. The van der Waals surface area contributed by atoms with Gasteiger partial charge in [0.25, 0.3) is 0 Å². The second-order valence-corrected chi connectivity index (χ2v) is 12.1. The zero-order valence-electron chi connectivity index (χ0n) is 19.4. The topological polar surface area (TPSA) is 122 Å². The maximum absolute atomic E-state index is 13.5. The van der Waals surface area contributed by atoms with Crippen LogP contribution in [-0.2, 0) is 19.4 Å². The van der Waals surface area contributed by atoms with Crippen LogP contribution in [0.25, 0.3) is 11.3 Å². The van der Waals surface area contributed by atoms with E-state index < -0.39 is 21.7 Å². The molecule has 0 aliphatic carbocycles. The fourth-order valence-electron chi connectivity index (χ4n) is 4.08. The molecule has 0 saturated carbocycles. The molecule has 1 fully saturated rings. The van der Waals surface area contributed by atoms with Crippen molar-refractivity contribution >= 4 is 73.5 Å². The van der Waals surface area contributed by atoms with Gasteiger partial charge >= 0.3 is 0 Å². The Morgan fingerprint density at radius 3 is 2.42 bits per heavy atom. The Balaban J connectivity index is 0.00000361. The molecule has 2 aromatic carbocycles. The summed E-state index contributed by atoms with van der Waals surface area (Å²) < 4.78 is 23.7. The molecule has 192 valence electrons. The number of rotatable bonds is 6. The smallest absolute Gasteiger partial charge is 0.244 e. The van der Waals surface area contributed by atoms with Crippen molar-refractivity contribution in [1.29, 1.82) is 0 Å². The van der Waals surface area contributed by atoms with E-state index in [4.69, 9.17) is 17.3 Å². The minimum atomic E-state index is -3.13. The highest BCUT2D eigenvalue weighted by molar-refractivity contribution is 7.91. The van der Waals surface area contributed by atoms with E-state index in [2.05, 4.69) is 10.3 Å². The number of nitrogens with one attached hydrogen (secondary N) is 1. The van der Waals surface area contributed by atoms with E-state index in [1.807, 2.05) is 30.5 Å². The molecule has 12 heteroatoms. The molecule has 0 atom stereocenters. The van der Waals surface area contributed by atoms with Gasteiger partial charge in [0, 0.05) is 22.5 Å². The number of hydrogen-bond acceptors (Lipinski definition) is 7. The van der Waals surface area contributed by atoms with Gasteiger partial charge in [0.05, 0.1) is 27.9 Å². The van der Waals surface area contributed by atoms with Gasteiger partial charge in [-0.2, -0.15) is 0 Å². The molecule has 0 unspecified atom stereocenters. The van der Waals surface area contributed by atoms with Gasteiger partial charge in [0.1, 0.15) is 16.4 Å². The Kier molecular flexibility index (Phi) is 8.99. The summed E-state index contributed by atoms with van der Waals surface area (Å²) in [5.74, 6) is -1.27. The van der Waals surface area contributed by atoms with Crippen molar-refractivity contribution in [2.24, 2.45) is 5.92 Å². The molecule has 8 nitrogen and oxygen atoms in total. The number of aryl methyl sites for hydroxylation is 1. The van der Waals surface area contributed by atoms with Crippen LogP contribution in [-0.4, -0.2) is 43.3 Å². The normalized spacial score (nSPS) is 15.1. The first-order chi connectivity index (χ1) is 16.6. The average molecular weight is 570 g/mol. The number of amides is 2. The summed E-state index contributed by atoms with van der Waals surface area (Å²) in [4.78, 5) is 32.1. The molecule has 2 heterocycles. The van der Waals surface area contributed by atoms with Gasteiger partial charge in [0.15, 0.2) is 5.13 Å². The van der Waals surface area contributed by atoms with E-state index in [1.165, 1.54) is 16.2 Å². The summed E-state index contributed by atoms with van der Waals surface area (Å²) >= 11 is 7.79. The first-order valence-electron chi connectivity index (χ1n) is 11.0. The van der Waals surface area contributed by atoms with E-state index >= 15 is 0 Å². The van der Waals surface area contributed by atoms with Gasteiger partial charge < -0.3 is 16.0 Å². The maximum atomic E-state index is 13.5. The fourth-order valence-corrected chi connectivity index (χ4v) is 6.47. The van der Waals surface area contributed by atoms with E-state index in [0.29, 0.717) is 21.5 Å². The summed E-state index contributed by atoms with van der Waals surface area (Å²) in [5.41, 5.74) is 9.09. The third kappa shape index (κ3) is 6.56. The lowest BCUT2D eigenvalue weighted by atomic mass is 10.00. The molecule has 3 N–H and O–H groups in total. The third-order valence-electron chi connectivity index (χ3n) is 5.92. The van der Waals surface area contributed by atoms with Gasteiger partial charge in [-0.15, -0.1) is 23.7 Å². The summed E-state index contributed by atoms with van der Waals surface area (Å²) in [7, 11) is -3.13. The monoisotopic (exact) mass is 568 g/mol. The molecular formula is C24H26Cl2N4O4S2. The molecule has 0 bridgehead atoms. The van der Waals surface area contributed by atoms with Crippen LogP contribution in [0.2, 0.25) is 5.02 Å². The number of nitrogens with zero attached hydrogens (tertiary/aromatic N) is 2. The number of halogens is 2. The zero-order valence-corrected chi connectivity index (χ0v) is 22.6. The molecule has 1 saturated heterocycles. The van der Waals surface area contributed by atoms with Crippen LogP contribution in [0.4, 0.5) is 16.5 Å². The number of aromatic nitrogens is 1. The Bertz CT molecular complexity index is 1330. The zero-order chi connectivity index (χ0) is 25.2. The quantitative estimate of drug-likeness (QED) is 0.449. The molecule has 0 spiro atoms. The van der Waals surface area contributed by atoms with Crippen LogP contribution in [0.5, 0.6) is 0 Å². The molecule has 4 rings (SSSR count). The molecule has 1 aliphatic heterocycles. The van der Waals surface area contributed by atoms with E-state index in [-0.39, 0.29) is 49.2 Å². The molecule has 3 aromatic rings.